The number of rotatable bonds is 0. The topological polar surface area (TPSA) is 61.4 Å². The third-order valence-electron chi connectivity index (χ3n) is 1.07. The van der Waals surface area contributed by atoms with Crippen molar-refractivity contribution in [2.24, 2.45) is 0 Å². The summed E-state index contributed by atoms with van der Waals surface area (Å²) in [7, 11) is 1.52. The van der Waals surface area contributed by atoms with Gasteiger partial charge in [0.25, 0.3) is 5.91 Å². The van der Waals surface area contributed by atoms with Gasteiger partial charge in [-0.2, -0.15) is 0 Å². The van der Waals surface area contributed by atoms with E-state index < -0.39 is 11.0 Å². The van der Waals surface area contributed by atoms with Crippen LogP contribution >= 0.6 is 15.9 Å². The van der Waals surface area contributed by atoms with E-state index in [0.717, 1.165) is 0 Å². The quantitative estimate of drug-likeness (QED) is 0.412. The SMILES string of the molecule is CN1NC(Br)C(=O)NC1=O. The second-order valence-electron chi connectivity index (χ2n) is 1.85. The van der Waals surface area contributed by atoms with Gasteiger partial charge in [0, 0.05) is 7.05 Å². The number of amides is 3. The normalized spacial score (nSPS) is 26.6. The molecule has 1 unspecified atom stereocenters. The number of hydrogen-bond donors (Lipinski definition) is 2. The van der Waals surface area contributed by atoms with E-state index in [1.54, 1.807) is 0 Å². The molecule has 6 heteroatoms. The first-order valence-electron chi connectivity index (χ1n) is 2.60. The lowest BCUT2D eigenvalue weighted by atomic mass is 10.5. The van der Waals surface area contributed by atoms with Gasteiger partial charge in [-0.05, 0) is 0 Å². The van der Waals surface area contributed by atoms with Crippen LogP contribution in [0.1, 0.15) is 0 Å². The van der Waals surface area contributed by atoms with Gasteiger partial charge in [-0.3, -0.25) is 15.1 Å². The van der Waals surface area contributed by atoms with Gasteiger partial charge < -0.3 is 0 Å². The molecule has 1 heterocycles. The first-order valence-corrected chi connectivity index (χ1v) is 3.51. The standard InChI is InChI=1S/C4H6BrN3O2/c1-8-4(10)6-3(9)2(5)7-8/h2,7H,1H3,(H,6,9,10). The van der Waals surface area contributed by atoms with Crippen LogP contribution in [0.15, 0.2) is 0 Å². The molecular weight excluding hydrogens is 202 g/mol. The van der Waals surface area contributed by atoms with E-state index in [4.69, 9.17) is 0 Å². The summed E-state index contributed by atoms with van der Waals surface area (Å²) in [5, 5.41) is 3.31. The van der Waals surface area contributed by atoms with Crippen LogP contribution in [0.3, 0.4) is 0 Å². The van der Waals surface area contributed by atoms with E-state index in [0.29, 0.717) is 0 Å². The summed E-state index contributed by atoms with van der Waals surface area (Å²) in [4.78, 5) is 20.8. The Morgan fingerprint density at radius 2 is 2.20 bits per heavy atom. The lowest BCUT2D eigenvalue weighted by Gasteiger charge is -2.26. The molecule has 0 saturated carbocycles. The van der Waals surface area contributed by atoms with Crippen molar-refractivity contribution in [3.63, 3.8) is 0 Å². The summed E-state index contributed by atoms with van der Waals surface area (Å²) in [6.45, 7) is 0. The van der Waals surface area contributed by atoms with Crippen molar-refractivity contribution in [1.82, 2.24) is 15.8 Å². The van der Waals surface area contributed by atoms with Crippen molar-refractivity contribution in [2.75, 3.05) is 7.05 Å². The van der Waals surface area contributed by atoms with E-state index in [-0.39, 0.29) is 5.91 Å². The number of carbonyl (C=O) groups excluding carboxylic acids is 2. The summed E-state index contributed by atoms with van der Waals surface area (Å²) >= 11 is 3.00. The van der Waals surface area contributed by atoms with E-state index in [2.05, 4.69) is 26.7 Å². The molecule has 1 aliphatic rings. The van der Waals surface area contributed by atoms with Gasteiger partial charge in [-0.15, -0.1) is 0 Å². The third kappa shape index (κ3) is 1.27. The number of halogens is 1. The summed E-state index contributed by atoms with van der Waals surface area (Å²) in [6, 6.07) is -0.444. The zero-order valence-electron chi connectivity index (χ0n) is 5.22. The molecule has 5 nitrogen and oxygen atoms in total. The zero-order chi connectivity index (χ0) is 7.72. The molecule has 3 amide bonds. The minimum absolute atomic E-state index is 0.372. The van der Waals surface area contributed by atoms with Gasteiger partial charge >= 0.3 is 6.03 Å². The zero-order valence-corrected chi connectivity index (χ0v) is 6.81. The van der Waals surface area contributed by atoms with Gasteiger partial charge in [0.2, 0.25) is 0 Å². The molecule has 0 aliphatic carbocycles. The number of hydrogen-bond acceptors (Lipinski definition) is 3. The highest BCUT2D eigenvalue weighted by atomic mass is 79.9. The fraction of sp³-hybridized carbons (Fsp3) is 0.500. The monoisotopic (exact) mass is 207 g/mol. The highest BCUT2D eigenvalue weighted by molar-refractivity contribution is 9.10. The van der Waals surface area contributed by atoms with Gasteiger partial charge in [0.05, 0.1) is 0 Å². The molecule has 0 aromatic heterocycles. The number of nitrogens with zero attached hydrogens (tertiary/aromatic N) is 1. The molecule has 10 heavy (non-hydrogen) atoms. The van der Waals surface area contributed by atoms with Crippen LogP contribution in [-0.2, 0) is 4.79 Å². The molecule has 0 aromatic carbocycles. The minimum atomic E-state index is -0.518. The van der Waals surface area contributed by atoms with E-state index in [1.165, 1.54) is 12.1 Å². The Morgan fingerprint density at radius 1 is 1.60 bits per heavy atom. The second-order valence-corrected chi connectivity index (χ2v) is 2.76. The fourth-order valence-corrected chi connectivity index (χ4v) is 0.961. The average Bonchev–Trinajstić information content (AvgIpc) is 1.84. The van der Waals surface area contributed by atoms with Gasteiger partial charge in [0.1, 0.15) is 0 Å². The van der Waals surface area contributed by atoms with Crippen molar-refractivity contribution in [3.8, 4) is 0 Å². The number of carbonyl (C=O) groups is 2. The number of nitrogens with one attached hydrogen (secondary N) is 2. The molecular formula is C4H6BrN3O2. The molecule has 2 N–H and O–H groups in total. The Balaban J connectivity index is 2.63. The fourth-order valence-electron chi connectivity index (χ4n) is 0.540. The largest absolute Gasteiger partial charge is 0.338 e. The molecule has 0 bridgehead atoms. The first kappa shape index (κ1) is 7.49. The van der Waals surface area contributed by atoms with Crippen molar-refractivity contribution in [2.45, 2.75) is 4.95 Å². The van der Waals surface area contributed by atoms with Crippen LogP contribution in [0, 0.1) is 0 Å². The molecule has 1 aliphatic heterocycles. The lowest BCUT2D eigenvalue weighted by Crippen LogP contribution is -2.60. The Hall–Kier alpha value is -0.620. The molecule has 1 fully saturated rings. The molecule has 1 rings (SSSR count). The van der Waals surface area contributed by atoms with Crippen LogP contribution in [0.25, 0.3) is 0 Å². The molecule has 1 atom stereocenters. The summed E-state index contributed by atoms with van der Waals surface area (Å²) in [6.07, 6.45) is 0. The van der Waals surface area contributed by atoms with E-state index in [1.807, 2.05) is 0 Å². The maximum atomic E-state index is 10.7. The Labute approximate surface area is 65.8 Å². The van der Waals surface area contributed by atoms with E-state index >= 15 is 0 Å². The summed E-state index contributed by atoms with van der Waals surface area (Å²) < 4.78 is 0. The van der Waals surface area contributed by atoms with Crippen LogP contribution in [0.4, 0.5) is 4.79 Å². The Bertz CT molecular complexity index is 165. The van der Waals surface area contributed by atoms with Gasteiger partial charge in [-0.25, -0.2) is 10.2 Å². The summed E-state index contributed by atoms with van der Waals surface area (Å²) in [5.74, 6) is -0.372. The van der Waals surface area contributed by atoms with Crippen molar-refractivity contribution >= 4 is 27.9 Å². The molecule has 0 radical (unpaired) electrons. The van der Waals surface area contributed by atoms with Gasteiger partial charge in [-0.1, -0.05) is 15.9 Å². The molecule has 56 valence electrons. The average molecular weight is 208 g/mol. The molecule has 0 spiro atoms. The van der Waals surface area contributed by atoms with Crippen LogP contribution in [0.5, 0.6) is 0 Å². The highest BCUT2D eigenvalue weighted by Gasteiger charge is 2.26. The number of imide groups is 1. The van der Waals surface area contributed by atoms with Crippen LogP contribution < -0.4 is 10.7 Å². The van der Waals surface area contributed by atoms with Crippen molar-refractivity contribution in [3.05, 3.63) is 0 Å². The smallest absolute Gasteiger partial charge is 0.275 e. The third-order valence-corrected chi connectivity index (χ3v) is 1.69. The lowest BCUT2D eigenvalue weighted by molar-refractivity contribution is -0.122. The Kier molecular flexibility index (Phi) is 1.91. The van der Waals surface area contributed by atoms with Gasteiger partial charge in [0.15, 0.2) is 4.95 Å². The van der Waals surface area contributed by atoms with Crippen molar-refractivity contribution < 1.29 is 9.59 Å². The summed E-state index contributed by atoms with van der Waals surface area (Å²) in [5.41, 5.74) is 2.57. The highest BCUT2D eigenvalue weighted by Crippen LogP contribution is 2.00. The minimum Gasteiger partial charge on any atom is -0.275 e. The Morgan fingerprint density at radius 3 is 2.70 bits per heavy atom. The number of hydrazine groups is 1. The van der Waals surface area contributed by atoms with Crippen LogP contribution in [-0.4, -0.2) is 28.9 Å². The maximum absolute atomic E-state index is 10.7. The van der Waals surface area contributed by atoms with E-state index in [9.17, 15) is 9.59 Å². The number of urea groups is 1. The second kappa shape index (κ2) is 2.55. The predicted octanol–water partition coefficient (Wildman–Crippen LogP) is -0.606. The van der Waals surface area contributed by atoms with Crippen LogP contribution in [0.2, 0.25) is 0 Å². The first-order chi connectivity index (χ1) is 4.61. The molecule has 1 saturated heterocycles. The predicted molar refractivity (Wildman–Crippen MR) is 37.2 cm³/mol. The number of alkyl halides is 1. The maximum Gasteiger partial charge on any atom is 0.338 e. The van der Waals surface area contributed by atoms with Crippen molar-refractivity contribution in [1.29, 1.82) is 0 Å². The molecule has 0 aromatic rings.